The molecule has 1 unspecified atom stereocenters. The van der Waals surface area contributed by atoms with Crippen LogP contribution >= 0.6 is 0 Å². The van der Waals surface area contributed by atoms with Crippen LogP contribution in [0.2, 0.25) is 0 Å². The number of ether oxygens (including phenoxy) is 1. The second-order valence-electron chi connectivity index (χ2n) is 10.3. The molecule has 3 N–H and O–H groups in total. The maximum absolute atomic E-state index is 14.6. The number of hydrazine groups is 1. The maximum Gasteiger partial charge on any atom is 0.271 e. The highest BCUT2D eigenvalue weighted by atomic mass is 19.1. The van der Waals surface area contributed by atoms with Crippen LogP contribution in [0.5, 0.6) is 5.75 Å². The summed E-state index contributed by atoms with van der Waals surface area (Å²) in [5.41, 5.74) is 6.41. The Bertz CT molecular complexity index is 1370. The second-order valence-corrected chi connectivity index (χ2v) is 10.3. The monoisotopic (exact) mass is 566 g/mol. The summed E-state index contributed by atoms with van der Waals surface area (Å²) in [7, 11) is 1.74. The van der Waals surface area contributed by atoms with E-state index in [9.17, 15) is 23.8 Å². The lowest BCUT2D eigenvalue weighted by Gasteiger charge is -2.39. The summed E-state index contributed by atoms with van der Waals surface area (Å²) in [5.74, 6) is -0.929. The number of benzene rings is 2. The van der Waals surface area contributed by atoms with Crippen molar-refractivity contribution in [1.82, 2.24) is 20.3 Å². The Balaban J connectivity index is 1.64. The molecule has 1 aliphatic heterocycles. The van der Waals surface area contributed by atoms with Crippen LogP contribution in [0.3, 0.4) is 0 Å². The Morgan fingerprint density at radius 3 is 2.41 bits per heavy atom. The molecule has 1 fully saturated rings. The van der Waals surface area contributed by atoms with Gasteiger partial charge in [0.05, 0.1) is 19.3 Å². The number of nitrogens with zero attached hydrogens (tertiary/aromatic N) is 3. The minimum Gasteiger partial charge on any atom is -0.489 e. The molecule has 1 saturated heterocycles. The van der Waals surface area contributed by atoms with Gasteiger partial charge in [0.15, 0.2) is 0 Å². The van der Waals surface area contributed by atoms with Gasteiger partial charge in [-0.15, -0.1) is 0 Å². The summed E-state index contributed by atoms with van der Waals surface area (Å²) >= 11 is 0. The zero-order chi connectivity index (χ0) is 29.5. The average Bonchev–Trinajstić information content (AvgIpc) is 2.98. The second kappa shape index (κ2) is 13.7. The van der Waals surface area contributed by atoms with Gasteiger partial charge in [0.1, 0.15) is 29.7 Å². The number of carbonyl (C=O) groups is 1. The van der Waals surface area contributed by atoms with E-state index in [2.05, 4.69) is 10.4 Å². The van der Waals surface area contributed by atoms with Gasteiger partial charge in [0, 0.05) is 44.5 Å². The smallest absolute Gasteiger partial charge is 0.271 e. The number of halogens is 2. The topological polar surface area (TPSA) is 98.2 Å². The van der Waals surface area contributed by atoms with Crippen molar-refractivity contribution in [3.8, 4) is 5.75 Å². The summed E-state index contributed by atoms with van der Waals surface area (Å²) in [4.78, 5) is 19.3. The largest absolute Gasteiger partial charge is 0.489 e. The zero-order valence-electron chi connectivity index (χ0n) is 23.5. The number of aliphatic hydroxyl groups excluding tert-OH is 2. The van der Waals surface area contributed by atoms with Crippen LogP contribution in [-0.4, -0.2) is 70.4 Å². The van der Waals surface area contributed by atoms with Crippen molar-refractivity contribution in [2.75, 3.05) is 33.3 Å². The van der Waals surface area contributed by atoms with Gasteiger partial charge < -0.3 is 24.9 Å². The molecule has 0 spiro atoms. The average molecular weight is 567 g/mol. The van der Waals surface area contributed by atoms with Crippen LogP contribution in [0.15, 0.2) is 66.6 Å². The van der Waals surface area contributed by atoms with E-state index < -0.39 is 24.3 Å². The van der Waals surface area contributed by atoms with Crippen LogP contribution in [0.4, 0.5) is 8.78 Å². The number of hydrogen-bond donors (Lipinski definition) is 3. The SMILES string of the molecule is CNN1CCN(CC(O)CO)C(=O)/C1=C(/Cc1ccncc1)c1ccc(OCc2cc(F)c(C(C)C)cc2F)cc1. The van der Waals surface area contributed by atoms with Gasteiger partial charge in [-0.05, 0) is 64.6 Å². The molecule has 2 heterocycles. The summed E-state index contributed by atoms with van der Waals surface area (Å²) in [6.07, 6.45) is 2.76. The van der Waals surface area contributed by atoms with Crippen molar-refractivity contribution >= 4 is 11.5 Å². The van der Waals surface area contributed by atoms with E-state index in [-0.39, 0.29) is 30.5 Å². The highest BCUT2D eigenvalue weighted by Gasteiger charge is 2.32. The summed E-state index contributed by atoms with van der Waals surface area (Å²) in [6.45, 7) is 3.91. The first-order chi connectivity index (χ1) is 19.7. The van der Waals surface area contributed by atoms with E-state index in [4.69, 9.17) is 4.74 Å². The van der Waals surface area contributed by atoms with E-state index in [0.29, 0.717) is 36.5 Å². The van der Waals surface area contributed by atoms with E-state index in [0.717, 1.165) is 16.7 Å². The van der Waals surface area contributed by atoms with Gasteiger partial charge in [-0.3, -0.25) is 9.78 Å². The van der Waals surface area contributed by atoms with Crippen molar-refractivity contribution in [2.24, 2.45) is 0 Å². The molecule has 4 rings (SSSR count). The van der Waals surface area contributed by atoms with Crippen LogP contribution < -0.4 is 10.2 Å². The van der Waals surface area contributed by atoms with Crippen molar-refractivity contribution in [3.05, 3.63) is 101 Å². The third-order valence-electron chi connectivity index (χ3n) is 7.07. The Morgan fingerprint density at radius 1 is 1.07 bits per heavy atom. The first-order valence-corrected chi connectivity index (χ1v) is 13.6. The van der Waals surface area contributed by atoms with Crippen molar-refractivity contribution in [1.29, 1.82) is 0 Å². The molecular weight excluding hydrogens is 530 g/mol. The Morgan fingerprint density at radius 2 is 1.78 bits per heavy atom. The highest BCUT2D eigenvalue weighted by molar-refractivity contribution is 6.01. The van der Waals surface area contributed by atoms with Gasteiger partial charge in [-0.1, -0.05) is 26.0 Å². The van der Waals surface area contributed by atoms with Gasteiger partial charge in [-0.25, -0.2) is 14.2 Å². The standard InChI is InChI=1S/C31H36F2N4O4/c1-20(2)26-16-28(32)23(15-29(26)33)19-41-25-6-4-22(5-7-25)27(14-21-8-10-35-11-9-21)30-31(40)36(17-24(39)18-38)12-13-37(30)34-3/h4-11,15-16,20,24,34,38-39H,12-14,17-19H2,1-3H3/b30-27+. The molecule has 1 aliphatic rings. The first kappa shape index (κ1) is 30.1. The van der Waals surface area contributed by atoms with E-state index in [1.807, 2.05) is 24.3 Å². The third-order valence-corrected chi connectivity index (χ3v) is 7.07. The van der Waals surface area contributed by atoms with Gasteiger partial charge in [0.25, 0.3) is 5.91 Å². The minimum atomic E-state index is -1.04. The van der Waals surface area contributed by atoms with Crippen LogP contribution in [0.25, 0.3) is 5.57 Å². The number of nitrogens with one attached hydrogen (secondary N) is 1. The van der Waals surface area contributed by atoms with Crippen LogP contribution in [0, 0.1) is 11.6 Å². The number of β-amino-alcohol motifs (C(OH)–C–C–N with tert-alkyl or cyclic N) is 1. The molecule has 0 aliphatic carbocycles. The van der Waals surface area contributed by atoms with E-state index in [1.54, 1.807) is 50.4 Å². The molecule has 0 bridgehead atoms. The molecule has 1 atom stereocenters. The fourth-order valence-electron chi connectivity index (χ4n) is 4.80. The molecule has 0 saturated carbocycles. The molecule has 10 heteroatoms. The molecule has 2 aromatic carbocycles. The zero-order valence-corrected chi connectivity index (χ0v) is 23.5. The molecule has 3 aromatic rings. The molecule has 1 aromatic heterocycles. The number of carbonyl (C=O) groups excluding carboxylic acids is 1. The molecular formula is C31H36F2N4O4. The Labute approximate surface area is 238 Å². The van der Waals surface area contributed by atoms with Crippen LogP contribution in [0.1, 0.15) is 42.0 Å². The molecule has 218 valence electrons. The van der Waals surface area contributed by atoms with Crippen molar-refractivity contribution in [3.63, 3.8) is 0 Å². The lowest BCUT2D eigenvalue weighted by Crippen LogP contribution is -2.54. The summed E-state index contributed by atoms with van der Waals surface area (Å²) in [5, 5.41) is 21.1. The number of rotatable bonds is 11. The quantitative estimate of drug-likeness (QED) is 0.305. The fourth-order valence-corrected chi connectivity index (χ4v) is 4.80. The number of hydrogen-bond acceptors (Lipinski definition) is 7. The van der Waals surface area contributed by atoms with Gasteiger partial charge in [-0.2, -0.15) is 0 Å². The number of allylic oxidation sites excluding steroid dienone is 1. The first-order valence-electron chi connectivity index (χ1n) is 13.6. The van der Waals surface area contributed by atoms with E-state index in [1.165, 1.54) is 17.0 Å². The van der Waals surface area contributed by atoms with Crippen molar-refractivity contribution in [2.45, 2.75) is 38.9 Å². The van der Waals surface area contributed by atoms with Crippen molar-refractivity contribution < 1.29 is 28.5 Å². The number of aliphatic hydroxyl groups is 2. The third kappa shape index (κ3) is 7.27. The summed E-state index contributed by atoms with van der Waals surface area (Å²) < 4.78 is 34.8. The Hall–Kier alpha value is -3.86. The maximum atomic E-state index is 14.6. The lowest BCUT2D eigenvalue weighted by atomic mass is 9.95. The predicted molar refractivity (Wildman–Crippen MR) is 152 cm³/mol. The highest BCUT2D eigenvalue weighted by Crippen LogP contribution is 2.30. The number of aromatic nitrogens is 1. The summed E-state index contributed by atoms with van der Waals surface area (Å²) in [6, 6.07) is 13.2. The van der Waals surface area contributed by atoms with Crippen LogP contribution in [-0.2, 0) is 17.8 Å². The normalized spacial score (nSPS) is 15.9. The number of pyridine rings is 1. The Kier molecular flexibility index (Phi) is 10.0. The molecule has 1 amide bonds. The number of piperazine rings is 1. The lowest BCUT2D eigenvalue weighted by molar-refractivity contribution is -0.134. The molecule has 0 radical (unpaired) electrons. The number of amides is 1. The van der Waals surface area contributed by atoms with Gasteiger partial charge in [0.2, 0.25) is 0 Å². The molecule has 8 nitrogen and oxygen atoms in total. The van der Waals surface area contributed by atoms with E-state index >= 15 is 0 Å². The predicted octanol–water partition coefficient (Wildman–Crippen LogP) is 3.65. The minimum absolute atomic E-state index is 0.0149. The van der Waals surface area contributed by atoms with Gasteiger partial charge >= 0.3 is 0 Å². The fraction of sp³-hybridized carbons (Fsp3) is 0.355. The molecule has 41 heavy (non-hydrogen) atoms.